The van der Waals surface area contributed by atoms with E-state index < -0.39 is 15.6 Å². The van der Waals surface area contributed by atoms with Gasteiger partial charge in [-0.25, -0.2) is 0 Å². The van der Waals surface area contributed by atoms with Gasteiger partial charge in [-0.15, -0.1) is 11.8 Å². The Morgan fingerprint density at radius 2 is 1.23 bits per heavy atom. The van der Waals surface area contributed by atoms with Crippen LogP contribution in [0.3, 0.4) is 0 Å². The normalized spacial score (nSPS) is 11.1. The van der Waals surface area contributed by atoms with Gasteiger partial charge in [-0.2, -0.15) is 0 Å². The Kier molecular flexibility index (Phi) is 12.5. The first-order chi connectivity index (χ1) is 21.5. The molecule has 4 aromatic carbocycles. The lowest BCUT2D eigenvalue weighted by Gasteiger charge is -2.35. The van der Waals surface area contributed by atoms with E-state index in [0.717, 1.165) is 5.75 Å². The Morgan fingerprint density at radius 3 is 1.75 bits per heavy atom. The van der Waals surface area contributed by atoms with Crippen LogP contribution in [-0.2, 0) is 25.7 Å². The summed E-state index contributed by atoms with van der Waals surface area (Å²) in [7, 11) is 0. The van der Waals surface area contributed by atoms with Crippen LogP contribution in [0.25, 0.3) is 0 Å². The van der Waals surface area contributed by atoms with E-state index >= 15 is 0 Å². The van der Waals surface area contributed by atoms with Crippen LogP contribution in [0.15, 0.2) is 115 Å². The highest BCUT2D eigenvalue weighted by Crippen LogP contribution is 2.48. The minimum Gasteiger partial charge on any atom is -0.460 e. The average molecular weight is 613 g/mol. The van der Waals surface area contributed by atoms with Gasteiger partial charge in [0.25, 0.3) is 5.69 Å². The maximum Gasteiger partial charge on any atom is 0.320 e. The molecule has 44 heavy (non-hydrogen) atoms. The van der Waals surface area contributed by atoms with Crippen LogP contribution in [0.5, 0.6) is 0 Å². The van der Waals surface area contributed by atoms with Crippen molar-refractivity contribution in [3.63, 3.8) is 0 Å². The van der Waals surface area contributed by atoms with Gasteiger partial charge in [0.2, 0.25) is 5.91 Å². The van der Waals surface area contributed by atoms with Gasteiger partial charge in [0.15, 0.2) is 0 Å². The van der Waals surface area contributed by atoms with E-state index in [2.05, 4.69) is 88.7 Å². The van der Waals surface area contributed by atoms with Gasteiger partial charge >= 0.3 is 5.97 Å². The summed E-state index contributed by atoms with van der Waals surface area (Å²) in [5, 5.41) is 19.7. The van der Waals surface area contributed by atoms with Gasteiger partial charge in [-0.05, 0) is 34.4 Å². The van der Waals surface area contributed by atoms with Crippen molar-refractivity contribution in [2.45, 2.75) is 11.4 Å². The van der Waals surface area contributed by atoms with Crippen LogP contribution in [0.2, 0.25) is 0 Å². The number of non-ortho nitro benzene ring substituents is 1. The second-order valence-corrected chi connectivity index (χ2v) is 11.2. The molecule has 0 fully saturated rings. The zero-order chi connectivity index (χ0) is 31.0. The van der Waals surface area contributed by atoms with Crippen molar-refractivity contribution in [2.75, 3.05) is 38.5 Å². The Hall–Kier alpha value is -4.51. The van der Waals surface area contributed by atoms with E-state index in [-0.39, 0.29) is 31.3 Å². The lowest BCUT2D eigenvalue weighted by Crippen LogP contribution is -2.39. The molecule has 0 aromatic heterocycles. The molecule has 3 N–H and O–H groups in total. The molecule has 0 aliphatic heterocycles. The maximum absolute atomic E-state index is 12.3. The summed E-state index contributed by atoms with van der Waals surface area (Å²) in [6.07, 6.45) is 0. The van der Waals surface area contributed by atoms with Crippen molar-refractivity contribution >= 4 is 29.3 Å². The van der Waals surface area contributed by atoms with Gasteiger partial charge < -0.3 is 20.7 Å². The van der Waals surface area contributed by atoms with E-state index in [1.807, 2.05) is 30.0 Å². The zero-order valence-corrected chi connectivity index (χ0v) is 25.1. The van der Waals surface area contributed by atoms with E-state index in [4.69, 9.17) is 4.74 Å². The second kappa shape index (κ2) is 17.0. The highest BCUT2D eigenvalue weighted by atomic mass is 32.2. The molecule has 0 heterocycles. The SMILES string of the molecule is O=C(CNCCSC(c1ccccc1)(c1ccccc1)c1ccccc1)NCCNCC(=O)OCc1ccc([N+](=O)[O-])cc1. The molecule has 0 aliphatic carbocycles. The molecule has 0 saturated carbocycles. The smallest absolute Gasteiger partial charge is 0.320 e. The van der Waals surface area contributed by atoms with Crippen molar-refractivity contribution in [1.82, 2.24) is 16.0 Å². The fourth-order valence-electron chi connectivity index (χ4n) is 4.72. The number of benzene rings is 4. The lowest BCUT2D eigenvalue weighted by atomic mass is 9.84. The fourth-order valence-corrected chi connectivity index (χ4v) is 6.18. The van der Waals surface area contributed by atoms with Crippen LogP contribution >= 0.6 is 11.8 Å². The predicted molar refractivity (Wildman–Crippen MR) is 173 cm³/mol. The first-order valence-electron chi connectivity index (χ1n) is 14.4. The predicted octanol–water partition coefficient (Wildman–Crippen LogP) is 4.66. The number of nitrogens with one attached hydrogen (secondary N) is 3. The summed E-state index contributed by atoms with van der Waals surface area (Å²) in [5.74, 6) is 0.194. The minimum atomic E-state index is -0.483. The molecule has 0 spiro atoms. The second-order valence-electron chi connectivity index (χ2n) is 9.92. The molecular weight excluding hydrogens is 576 g/mol. The quantitative estimate of drug-likeness (QED) is 0.0518. The van der Waals surface area contributed by atoms with Crippen molar-refractivity contribution in [3.05, 3.63) is 148 Å². The number of ether oxygens (including phenoxy) is 1. The van der Waals surface area contributed by atoms with E-state index in [1.165, 1.54) is 28.8 Å². The summed E-state index contributed by atoms with van der Waals surface area (Å²) in [5.41, 5.74) is 4.23. The van der Waals surface area contributed by atoms with Gasteiger partial charge in [-0.1, -0.05) is 91.0 Å². The molecule has 0 unspecified atom stereocenters. The molecule has 4 rings (SSSR count). The molecule has 10 heteroatoms. The van der Waals surface area contributed by atoms with Crippen LogP contribution in [0.4, 0.5) is 5.69 Å². The number of thioether (sulfide) groups is 1. The van der Waals surface area contributed by atoms with Crippen molar-refractivity contribution in [2.24, 2.45) is 0 Å². The van der Waals surface area contributed by atoms with Crippen molar-refractivity contribution in [3.8, 4) is 0 Å². The first kappa shape index (κ1) is 32.4. The molecule has 228 valence electrons. The Morgan fingerprint density at radius 1 is 0.705 bits per heavy atom. The van der Waals surface area contributed by atoms with Crippen LogP contribution in [0, 0.1) is 10.1 Å². The van der Waals surface area contributed by atoms with Crippen LogP contribution in [0.1, 0.15) is 22.3 Å². The summed E-state index contributed by atoms with van der Waals surface area (Å²) in [6.45, 7) is 1.62. The van der Waals surface area contributed by atoms with Crippen LogP contribution in [-0.4, -0.2) is 55.3 Å². The number of esters is 1. The molecule has 1 amide bonds. The topological polar surface area (TPSA) is 123 Å². The number of carbonyl (C=O) groups excluding carboxylic acids is 2. The highest BCUT2D eigenvalue weighted by molar-refractivity contribution is 8.00. The Balaban J connectivity index is 1.17. The molecular formula is C34H36N4O5S. The molecule has 0 radical (unpaired) electrons. The minimum absolute atomic E-state index is 0.00961. The summed E-state index contributed by atoms with van der Waals surface area (Å²) in [4.78, 5) is 34.5. The van der Waals surface area contributed by atoms with Crippen LogP contribution < -0.4 is 16.0 Å². The van der Waals surface area contributed by atoms with Gasteiger partial charge in [0, 0.05) is 37.5 Å². The summed E-state index contributed by atoms with van der Waals surface area (Å²) < 4.78 is 4.77. The zero-order valence-electron chi connectivity index (χ0n) is 24.3. The lowest BCUT2D eigenvalue weighted by molar-refractivity contribution is -0.384. The monoisotopic (exact) mass is 612 g/mol. The summed E-state index contributed by atoms with van der Waals surface area (Å²) in [6, 6.07) is 37.3. The number of hydrogen-bond donors (Lipinski definition) is 3. The van der Waals surface area contributed by atoms with Gasteiger partial charge in [-0.3, -0.25) is 19.7 Å². The fraction of sp³-hybridized carbons (Fsp3) is 0.235. The molecule has 4 aromatic rings. The third-order valence-corrected chi connectivity index (χ3v) is 8.41. The van der Waals surface area contributed by atoms with E-state index in [9.17, 15) is 19.7 Å². The number of nitrogens with zero attached hydrogens (tertiary/aromatic N) is 1. The molecule has 0 aliphatic rings. The summed E-state index contributed by atoms with van der Waals surface area (Å²) >= 11 is 1.84. The largest absolute Gasteiger partial charge is 0.460 e. The number of hydrogen-bond acceptors (Lipinski definition) is 8. The molecule has 0 bridgehead atoms. The Bertz CT molecular complexity index is 1380. The average Bonchev–Trinajstić information content (AvgIpc) is 3.07. The number of rotatable bonds is 17. The molecule has 0 atom stereocenters. The highest BCUT2D eigenvalue weighted by Gasteiger charge is 2.36. The first-order valence-corrected chi connectivity index (χ1v) is 15.4. The van der Waals surface area contributed by atoms with Crippen molar-refractivity contribution in [1.29, 1.82) is 0 Å². The third-order valence-electron chi connectivity index (χ3n) is 6.86. The number of amides is 1. The number of carbonyl (C=O) groups is 2. The van der Waals surface area contributed by atoms with Gasteiger partial charge in [0.05, 0.1) is 22.8 Å². The molecule has 0 saturated heterocycles. The van der Waals surface area contributed by atoms with Gasteiger partial charge in [0.1, 0.15) is 6.61 Å². The third kappa shape index (κ3) is 9.24. The van der Waals surface area contributed by atoms with Crippen molar-refractivity contribution < 1.29 is 19.2 Å². The maximum atomic E-state index is 12.3. The number of nitro benzene ring substituents is 1. The molecule has 9 nitrogen and oxygen atoms in total. The Labute approximate surface area is 261 Å². The van der Waals surface area contributed by atoms with E-state index in [0.29, 0.717) is 25.2 Å². The standard InChI is InChI=1S/C34H36N4O5S/c39-32(37-21-20-35-25-33(40)43-26-27-16-18-31(19-17-27)38(41)42)24-36-22-23-44-34(28-10-4-1-5-11-28,29-12-6-2-7-13-29)30-14-8-3-9-15-30/h1-19,35-36H,20-26H2,(H,37,39). The number of nitro groups is 1. The van der Waals surface area contributed by atoms with E-state index in [1.54, 1.807) is 12.1 Å².